The Morgan fingerprint density at radius 1 is 1.56 bits per heavy atom. The van der Waals surface area contributed by atoms with E-state index >= 15 is 0 Å². The van der Waals surface area contributed by atoms with Crippen LogP contribution in [0.15, 0.2) is 24.3 Å². The number of rotatable bonds is 4. The number of carbonyl (C=O) groups is 1. The molecule has 0 aliphatic heterocycles. The lowest BCUT2D eigenvalue weighted by molar-refractivity contribution is -0.384. The van der Waals surface area contributed by atoms with E-state index in [-0.39, 0.29) is 11.3 Å². The van der Waals surface area contributed by atoms with Gasteiger partial charge in [0.15, 0.2) is 0 Å². The summed E-state index contributed by atoms with van der Waals surface area (Å²) in [6, 6.07) is 3.61. The SMILES string of the molecule is O=C(O)c1ccc([N+](=O)[O-])cc1C=CCS. The molecule has 1 aromatic carbocycles. The monoisotopic (exact) mass is 239 g/mol. The molecule has 0 aliphatic carbocycles. The topological polar surface area (TPSA) is 80.4 Å². The van der Waals surface area contributed by atoms with Gasteiger partial charge in [-0.15, -0.1) is 0 Å². The maximum Gasteiger partial charge on any atom is 0.336 e. The van der Waals surface area contributed by atoms with Gasteiger partial charge < -0.3 is 5.11 Å². The van der Waals surface area contributed by atoms with Crippen molar-refractivity contribution in [3.05, 3.63) is 45.5 Å². The summed E-state index contributed by atoms with van der Waals surface area (Å²) in [5.41, 5.74) is 0.197. The van der Waals surface area contributed by atoms with Gasteiger partial charge in [0.05, 0.1) is 10.5 Å². The third kappa shape index (κ3) is 2.83. The van der Waals surface area contributed by atoms with Crippen molar-refractivity contribution < 1.29 is 14.8 Å². The minimum Gasteiger partial charge on any atom is -0.478 e. The summed E-state index contributed by atoms with van der Waals surface area (Å²) in [7, 11) is 0. The Balaban J connectivity index is 3.26. The van der Waals surface area contributed by atoms with Gasteiger partial charge >= 0.3 is 5.97 Å². The molecule has 0 bridgehead atoms. The van der Waals surface area contributed by atoms with Gasteiger partial charge in [-0.1, -0.05) is 12.2 Å². The molecular weight excluding hydrogens is 230 g/mol. The highest BCUT2D eigenvalue weighted by Gasteiger charge is 2.13. The van der Waals surface area contributed by atoms with Crippen LogP contribution in [0.4, 0.5) is 5.69 Å². The van der Waals surface area contributed by atoms with Gasteiger partial charge in [0, 0.05) is 17.9 Å². The molecule has 1 aromatic rings. The highest BCUT2D eigenvalue weighted by molar-refractivity contribution is 7.80. The molecule has 0 atom stereocenters. The fourth-order valence-corrected chi connectivity index (χ4v) is 1.28. The molecule has 0 aromatic heterocycles. The summed E-state index contributed by atoms with van der Waals surface area (Å²) in [4.78, 5) is 20.8. The van der Waals surface area contributed by atoms with Crippen molar-refractivity contribution in [3.63, 3.8) is 0 Å². The average Bonchev–Trinajstić information content (AvgIpc) is 2.25. The molecule has 1 rings (SSSR count). The molecule has 5 nitrogen and oxygen atoms in total. The van der Waals surface area contributed by atoms with Crippen LogP contribution in [-0.2, 0) is 0 Å². The largest absolute Gasteiger partial charge is 0.478 e. The Morgan fingerprint density at radius 2 is 2.25 bits per heavy atom. The third-order valence-corrected chi connectivity index (χ3v) is 2.09. The highest BCUT2D eigenvalue weighted by Crippen LogP contribution is 2.19. The van der Waals surface area contributed by atoms with Crippen LogP contribution in [-0.4, -0.2) is 21.8 Å². The van der Waals surface area contributed by atoms with E-state index in [1.54, 1.807) is 6.08 Å². The number of aromatic carboxylic acids is 1. The van der Waals surface area contributed by atoms with Crippen LogP contribution in [0, 0.1) is 10.1 Å². The second-order valence-electron chi connectivity index (χ2n) is 2.92. The number of hydrogen-bond acceptors (Lipinski definition) is 4. The second kappa shape index (κ2) is 5.32. The van der Waals surface area contributed by atoms with Gasteiger partial charge in [-0.05, 0) is 11.6 Å². The molecule has 0 radical (unpaired) electrons. The van der Waals surface area contributed by atoms with E-state index in [1.807, 2.05) is 0 Å². The maximum atomic E-state index is 10.8. The molecular formula is C10H9NO4S. The Kier molecular flexibility index (Phi) is 4.07. The van der Waals surface area contributed by atoms with Crippen molar-refractivity contribution >= 4 is 30.4 Å². The number of nitrogens with zero attached hydrogens (tertiary/aromatic N) is 1. The van der Waals surface area contributed by atoms with Crippen molar-refractivity contribution in [2.45, 2.75) is 0 Å². The summed E-state index contributed by atoms with van der Waals surface area (Å²) in [5.74, 6) is -0.685. The van der Waals surface area contributed by atoms with Crippen LogP contribution in [0.1, 0.15) is 15.9 Å². The summed E-state index contributed by atoms with van der Waals surface area (Å²) >= 11 is 3.94. The lowest BCUT2D eigenvalue weighted by Gasteiger charge is -2.00. The number of thiol groups is 1. The van der Waals surface area contributed by atoms with Crippen molar-refractivity contribution in [1.82, 2.24) is 0 Å². The first-order chi connectivity index (χ1) is 7.56. The lowest BCUT2D eigenvalue weighted by Crippen LogP contribution is -2.00. The summed E-state index contributed by atoms with van der Waals surface area (Å²) in [6.45, 7) is 0. The molecule has 6 heteroatoms. The third-order valence-electron chi connectivity index (χ3n) is 1.88. The zero-order valence-corrected chi connectivity index (χ0v) is 9.05. The number of carboxylic acid groups (broad SMARTS) is 1. The van der Waals surface area contributed by atoms with Crippen LogP contribution in [0.25, 0.3) is 6.08 Å². The molecule has 0 amide bonds. The Bertz CT molecular complexity index is 456. The smallest absolute Gasteiger partial charge is 0.336 e. The van der Waals surface area contributed by atoms with Gasteiger partial charge in [-0.3, -0.25) is 10.1 Å². The first-order valence-corrected chi connectivity index (χ1v) is 4.98. The number of non-ortho nitro benzene ring substituents is 1. The molecule has 0 fully saturated rings. The van der Waals surface area contributed by atoms with E-state index in [2.05, 4.69) is 12.6 Å². The van der Waals surface area contributed by atoms with E-state index in [4.69, 9.17) is 5.11 Å². The second-order valence-corrected chi connectivity index (χ2v) is 3.28. The molecule has 0 aliphatic rings. The van der Waals surface area contributed by atoms with E-state index in [0.29, 0.717) is 11.3 Å². The fourth-order valence-electron chi connectivity index (χ4n) is 1.18. The van der Waals surface area contributed by atoms with E-state index in [9.17, 15) is 14.9 Å². The van der Waals surface area contributed by atoms with E-state index < -0.39 is 10.9 Å². The minimum atomic E-state index is -1.12. The van der Waals surface area contributed by atoms with Crippen LogP contribution in [0.5, 0.6) is 0 Å². The van der Waals surface area contributed by atoms with Crippen LogP contribution in [0.2, 0.25) is 0 Å². The average molecular weight is 239 g/mol. The van der Waals surface area contributed by atoms with Gasteiger partial charge in [-0.2, -0.15) is 12.6 Å². The van der Waals surface area contributed by atoms with Gasteiger partial charge in [0.25, 0.3) is 5.69 Å². The molecule has 0 saturated carbocycles. The van der Waals surface area contributed by atoms with E-state index in [0.717, 1.165) is 0 Å². The lowest BCUT2D eigenvalue weighted by atomic mass is 10.1. The molecule has 1 N–H and O–H groups in total. The summed E-state index contributed by atoms with van der Waals surface area (Å²) < 4.78 is 0. The fraction of sp³-hybridized carbons (Fsp3) is 0.100. The molecule has 0 spiro atoms. The zero-order chi connectivity index (χ0) is 12.1. The quantitative estimate of drug-likeness (QED) is 0.479. The Hall–Kier alpha value is -1.82. The van der Waals surface area contributed by atoms with Crippen LogP contribution >= 0.6 is 12.6 Å². The van der Waals surface area contributed by atoms with Crippen LogP contribution < -0.4 is 0 Å². The number of carboxylic acids is 1. The first-order valence-electron chi connectivity index (χ1n) is 4.35. The Labute approximate surface area is 97.0 Å². The molecule has 0 saturated heterocycles. The maximum absolute atomic E-state index is 10.8. The number of benzene rings is 1. The predicted octanol–water partition coefficient (Wildman–Crippen LogP) is 2.24. The Morgan fingerprint density at radius 3 is 2.75 bits per heavy atom. The number of nitro groups is 1. The van der Waals surface area contributed by atoms with Crippen molar-refractivity contribution in [2.24, 2.45) is 0 Å². The predicted molar refractivity (Wildman–Crippen MR) is 62.9 cm³/mol. The molecule has 16 heavy (non-hydrogen) atoms. The van der Waals surface area contributed by atoms with Crippen molar-refractivity contribution in [3.8, 4) is 0 Å². The zero-order valence-electron chi connectivity index (χ0n) is 8.16. The van der Waals surface area contributed by atoms with Gasteiger partial charge in [0.2, 0.25) is 0 Å². The molecule has 0 unspecified atom stereocenters. The molecule has 84 valence electrons. The van der Waals surface area contributed by atoms with Crippen molar-refractivity contribution in [1.29, 1.82) is 0 Å². The normalized spacial score (nSPS) is 10.6. The number of nitro benzene ring substituents is 1. The summed E-state index contributed by atoms with van der Waals surface area (Å²) in [5, 5.41) is 19.4. The van der Waals surface area contributed by atoms with Crippen LogP contribution in [0.3, 0.4) is 0 Å². The van der Waals surface area contributed by atoms with Gasteiger partial charge in [0.1, 0.15) is 0 Å². The number of hydrogen-bond donors (Lipinski definition) is 2. The van der Waals surface area contributed by atoms with Crippen molar-refractivity contribution in [2.75, 3.05) is 5.75 Å². The highest BCUT2D eigenvalue weighted by atomic mass is 32.1. The van der Waals surface area contributed by atoms with E-state index in [1.165, 1.54) is 24.3 Å². The summed E-state index contributed by atoms with van der Waals surface area (Å²) in [6.07, 6.45) is 3.12. The minimum absolute atomic E-state index is 0.0311. The molecule has 0 heterocycles. The van der Waals surface area contributed by atoms with Gasteiger partial charge in [-0.25, -0.2) is 4.79 Å². The standard InChI is InChI=1S/C10H9NO4S/c12-10(13)9-4-3-8(11(14)15)6-7(9)2-1-5-16/h1-4,6,16H,5H2,(H,12,13). The first kappa shape index (κ1) is 12.3.